The first-order chi connectivity index (χ1) is 8.90. The molecule has 98 valence electrons. The average Bonchev–Trinajstić information content (AvgIpc) is 2.36. The van der Waals surface area contributed by atoms with Gasteiger partial charge in [0.2, 0.25) is 0 Å². The van der Waals surface area contributed by atoms with Gasteiger partial charge in [-0.2, -0.15) is 0 Å². The van der Waals surface area contributed by atoms with E-state index in [0.29, 0.717) is 10.6 Å². The van der Waals surface area contributed by atoms with Crippen molar-refractivity contribution in [1.29, 1.82) is 0 Å². The second-order valence-corrected chi connectivity index (χ2v) is 6.00. The Balaban J connectivity index is 2.56. The molecule has 2 rings (SSSR count). The molecular formula is C16H14BrClO. The summed E-state index contributed by atoms with van der Waals surface area (Å²) in [7, 11) is 0. The number of benzene rings is 2. The average molecular weight is 338 g/mol. The summed E-state index contributed by atoms with van der Waals surface area (Å²) in [4.78, 5) is 12.6. The van der Waals surface area contributed by atoms with E-state index in [1.165, 1.54) is 0 Å². The van der Waals surface area contributed by atoms with Crippen LogP contribution in [-0.4, -0.2) is 5.78 Å². The van der Waals surface area contributed by atoms with Gasteiger partial charge < -0.3 is 0 Å². The predicted molar refractivity (Wildman–Crippen MR) is 83.2 cm³/mol. The SMILES string of the molecule is Cc1cc(C(=O)c2cc(Cl)ccc2C)c(C)cc1Br. The van der Waals surface area contributed by atoms with Gasteiger partial charge in [-0.25, -0.2) is 0 Å². The van der Waals surface area contributed by atoms with Gasteiger partial charge in [-0.15, -0.1) is 0 Å². The third kappa shape index (κ3) is 2.90. The van der Waals surface area contributed by atoms with Crippen molar-refractivity contribution in [2.24, 2.45) is 0 Å². The summed E-state index contributed by atoms with van der Waals surface area (Å²) in [6.45, 7) is 5.84. The van der Waals surface area contributed by atoms with Crippen LogP contribution in [0.3, 0.4) is 0 Å². The third-order valence-corrected chi connectivity index (χ3v) is 4.28. The lowest BCUT2D eigenvalue weighted by Crippen LogP contribution is -2.06. The Hall–Kier alpha value is -1.12. The molecule has 0 aliphatic rings. The van der Waals surface area contributed by atoms with Crippen LogP contribution in [-0.2, 0) is 0 Å². The highest BCUT2D eigenvalue weighted by molar-refractivity contribution is 9.10. The molecule has 0 fully saturated rings. The van der Waals surface area contributed by atoms with Crippen LogP contribution < -0.4 is 0 Å². The van der Waals surface area contributed by atoms with Crippen LogP contribution in [0.25, 0.3) is 0 Å². The van der Waals surface area contributed by atoms with Crippen molar-refractivity contribution in [2.45, 2.75) is 20.8 Å². The topological polar surface area (TPSA) is 17.1 Å². The van der Waals surface area contributed by atoms with Crippen molar-refractivity contribution in [3.8, 4) is 0 Å². The number of rotatable bonds is 2. The van der Waals surface area contributed by atoms with E-state index in [1.54, 1.807) is 12.1 Å². The van der Waals surface area contributed by atoms with Crippen molar-refractivity contribution in [1.82, 2.24) is 0 Å². The molecule has 0 atom stereocenters. The quantitative estimate of drug-likeness (QED) is 0.683. The molecule has 0 heterocycles. The van der Waals surface area contributed by atoms with Crippen LogP contribution in [0.15, 0.2) is 34.8 Å². The van der Waals surface area contributed by atoms with Crippen molar-refractivity contribution in [2.75, 3.05) is 0 Å². The highest BCUT2D eigenvalue weighted by Gasteiger charge is 2.15. The highest BCUT2D eigenvalue weighted by atomic mass is 79.9. The van der Waals surface area contributed by atoms with E-state index in [9.17, 15) is 4.79 Å². The molecule has 0 bridgehead atoms. The van der Waals surface area contributed by atoms with Gasteiger partial charge in [-0.1, -0.05) is 33.6 Å². The fraction of sp³-hybridized carbons (Fsp3) is 0.188. The monoisotopic (exact) mass is 336 g/mol. The van der Waals surface area contributed by atoms with E-state index in [-0.39, 0.29) is 5.78 Å². The number of carbonyl (C=O) groups excluding carboxylic acids is 1. The van der Waals surface area contributed by atoms with Gasteiger partial charge in [0.1, 0.15) is 0 Å². The molecule has 0 radical (unpaired) electrons. The van der Waals surface area contributed by atoms with E-state index in [4.69, 9.17) is 11.6 Å². The lowest BCUT2D eigenvalue weighted by Gasteiger charge is -2.10. The number of hydrogen-bond acceptors (Lipinski definition) is 1. The Labute approximate surface area is 126 Å². The van der Waals surface area contributed by atoms with E-state index >= 15 is 0 Å². The third-order valence-electron chi connectivity index (χ3n) is 3.19. The second-order valence-electron chi connectivity index (χ2n) is 4.70. The molecule has 1 nitrogen and oxygen atoms in total. The van der Waals surface area contributed by atoms with Crippen LogP contribution in [0, 0.1) is 20.8 Å². The van der Waals surface area contributed by atoms with Gasteiger partial charge in [-0.3, -0.25) is 4.79 Å². The fourth-order valence-electron chi connectivity index (χ4n) is 2.01. The molecule has 19 heavy (non-hydrogen) atoms. The maximum absolute atomic E-state index is 12.6. The van der Waals surface area contributed by atoms with Gasteiger partial charge in [0.15, 0.2) is 5.78 Å². The van der Waals surface area contributed by atoms with Gasteiger partial charge in [0.05, 0.1) is 0 Å². The zero-order valence-electron chi connectivity index (χ0n) is 11.1. The maximum Gasteiger partial charge on any atom is 0.193 e. The normalized spacial score (nSPS) is 10.6. The summed E-state index contributed by atoms with van der Waals surface area (Å²) >= 11 is 9.46. The zero-order chi connectivity index (χ0) is 14.2. The van der Waals surface area contributed by atoms with Gasteiger partial charge >= 0.3 is 0 Å². The first-order valence-electron chi connectivity index (χ1n) is 5.97. The van der Waals surface area contributed by atoms with Crippen LogP contribution in [0.5, 0.6) is 0 Å². The summed E-state index contributed by atoms with van der Waals surface area (Å²) in [5.74, 6) is 0.0214. The number of aryl methyl sites for hydroxylation is 3. The number of ketones is 1. The van der Waals surface area contributed by atoms with Gasteiger partial charge in [-0.05, 0) is 61.7 Å². The van der Waals surface area contributed by atoms with Crippen molar-refractivity contribution >= 4 is 33.3 Å². The zero-order valence-corrected chi connectivity index (χ0v) is 13.4. The predicted octanol–water partition coefficient (Wildman–Crippen LogP) is 5.26. The molecule has 0 N–H and O–H groups in total. The Bertz CT molecular complexity index is 662. The van der Waals surface area contributed by atoms with Crippen molar-refractivity contribution in [3.05, 3.63) is 67.6 Å². The molecular weight excluding hydrogens is 324 g/mol. The van der Waals surface area contributed by atoms with Crippen molar-refractivity contribution < 1.29 is 4.79 Å². The smallest absolute Gasteiger partial charge is 0.193 e. The first-order valence-corrected chi connectivity index (χ1v) is 7.15. The largest absolute Gasteiger partial charge is 0.289 e. The molecule has 0 aliphatic carbocycles. The number of carbonyl (C=O) groups is 1. The highest BCUT2D eigenvalue weighted by Crippen LogP contribution is 2.25. The fourth-order valence-corrected chi connectivity index (χ4v) is 2.64. The Kier molecular flexibility index (Phi) is 4.12. The molecule has 0 saturated carbocycles. The summed E-state index contributed by atoms with van der Waals surface area (Å²) in [5.41, 5.74) is 4.34. The van der Waals surface area contributed by atoms with E-state index < -0.39 is 0 Å². The minimum absolute atomic E-state index is 0.0214. The summed E-state index contributed by atoms with van der Waals surface area (Å²) in [5, 5.41) is 0.584. The molecule has 0 aliphatic heterocycles. The first kappa shape index (κ1) is 14.3. The lowest BCUT2D eigenvalue weighted by atomic mass is 9.95. The Morgan fingerprint density at radius 1 is 0.947 bits per heavy atom. The minimum atomic E-state index is 0.0214. The number of halogens is 2. The standard InChI is InChI=1S/C16H14BrClO/c1-9-4-5-12(18)8-14(9)16(19)13-6-11(3)15(17)7-10(13)2/h4-8H,1-3H3. The van der Waals surface area contributed by atoms with Crippen LogP contribution in [0.2, 0.25) is 5.02 Å². The molecule has 0 spiro atoms. The molecule has 0 saturated heterocycles. The Morgan fingerprint density at radius 2 is 1.58 bits per heavy atom. The van der Waals surface area contributed by atoms with E-state index in [0.717, 1.165) is 26.7 Å². The minimum Gasteiger partial charge on any atom is -0.289 e. The Morgan fingerprint density at radius 3 is 2.26 bits per heavy atom. The van der Waals surface area contributed by atoms with E-state index in [1.807, 2.05) is 39.0 Å². The molecule has 0 unspecified atom stereocenters. The van der Waals surface area contributed by atoms with Gasteiger partial charge in [0.25, 0.3) is 0 Å². The summed E-state index contributed by atoms with van der Waals surface area (Å²) in [6, 6.07) is 9.30. The number of hydrogen-bond donors (Lipinski definition) is 0. The summed E-state index contributed by atoms with van der Waals surface area (Å²) < 4.78 is 1.02. The molecule has 0 amide bonds. The van der Waals surface area contributed by atoms with Crippen LogP contribution >= 0.6 is 27.5 Å². The van der Waals surface area contributed by atoms with E-state index in [2.05, 4.69) is 15.9 Å². The molecule has 0 aromatic heterocycles. The van der Waals surface area contributed by atoms with Gasteiger partial charge in [0, 0.05) is 20.6 Å². The maximum atomic E-state index is 12.6. The van der Waals surface area contributed by atoms with Crippen LogP contribution in [0.4, 0.5) is 0 Å². The molecule has 2 aromatic carbocycles. The molecule has 2 aromatic rings. The lowest BCUT2D eigenvalue weighted by molar-refractivity contribution is 0.103. The summed E-state index contributed by atoms with van der Waals surface area (Å²) in [6.07, 6.45) is 0. The van der Waals surface area contributed by atoms with Crippen molar-refractivity contribution in [3.63, 3.8) is 0 Å². The van der Waals surface area contributed by atoms with Crippen LogP contribution in [0.1, 0.15) is 32.6 Å². The molecule has 3 heteroatoms. The second kappa shape index (κ2) is 5.48.